The summed E-state index contributed by atoms with van der Waals surface area (Å²) in [5, 5.41) is 5.47. The Balaban J connectivity index is 1.29. The van der Waals surface area contributed by atoms with E-state index in [0.29, 0.717) is 38.4 Å². The topological polar surface area (TPSA) is 113 Å². The van der Waals surface area contributed by atoms with Crippen LogP contribution in [0.4, 0.5) is 10.5 Å². The minimum Gasteiger partial charge on any atom is -0.381 e. The summed E-state index contributed by atoms with van der Waals surface area (Å²) in [6, 6.07) is 9.84. The largest absolute Gasteiger partial charge is 0.381 e. The van der Waals surface area contributed by atoms with E-state index in [1.807, 2.05) is 6.07 Å². The van der Waals surface area contributed by atoms with Gasteiger partial charge in [-0.2, -0.15) is 4.31 Å². The molecule has 36 heavy (non-hydrogen) atoms. The molecule has 2 aromatic rings. The summed E-state index contributed by atoms with van der Waals surface area (Å²) in [6.45, 7) is 2.53. The SMILES string of the molecule is COC1CCC(N2CCN(S(=O)(=O)c3ccc(NC(=O)NCc4cccnc4)cc3)CC2)C(OC)C1. The van der Waals surface area contributed by atoms with Crippen molar-refractivity contribution in [2.75, 3.05) is 45.7 Å². The Morgan fingerprint density at radius 2 is 1.81 bits per heavy atom. The first kappa shape index (κ1) is 26.5. The van der Waals surface area contributed by atoms with Crippen molar-refractivity contribution in [3.63, 3.8) is 0 Å². The van der Waals surface area contributed by atoms with Gasteiger partial charge >= 0.3 is 6.03 Å². The molecule has 1 saturated carbocycles. The number of carbonyl (C=O) groups excluding carboxylic acids is 1. The highest BCUT2D eigenvalue weighted by Gasteiger charge is 2.37. The molecule has 1 saturated heterocycles. The summed E-state index contributed by atoms with van der Waals surface area (Å²) in [4.78, 5) is 18.7. The van der Waals surface area contributed by atoms with Crippen LogP contribution < -0.4 is 10.6 Å². The summed E-state index contributed by atoms with van der Waals surface area (Å²) in [5.74, 6) is 0. The number of pyridine rings is 1. The van der Waals surface area contributed by atoms with Crippen LogP contribution in [-0.4, -0.2) is 87.3 Å². The van der Waals surface area contributed by atoms with E-state index in [0.717, 1.165) is 24.8 Å². The first-order chi connectivity index (χ1) is 17.4. The summed E-state index contributed by atoms with van der Waals surface area (Å²) in [7, 11) is -0.145. The van der Waals surface area contributed by atoms with E-state index in [2.05, 4.69) is 20.5 Å². The first-order valence-corrected chi connectivity index (χ1v) is 13.7. The molecule has 3 atom stereocenters. The molecule has 0 spiro atoms. The van der Waals surface area contributed by atoms with Crippen LogP contribution in [0.2, 0.25) is 0 Å². The molecular formula is C25H35N5O5S. The number of benzene rings is 1. The molecule has 2 amide bonds. The monoisotopic (exact) mass is 517 g/mol. The Kier molecular flexibility index (Phi) is 8.91. The molecule has 10 nitrogen and oxygen atoms in total. The lowest BCUT2D eigenvalue weighted by molar-refractivity contribution is -0.0649. The van der Waals surface area contributed by atoms with Crippen molar-refractivity contribution in [2.45, 2.75) is 49.0 Å². The van der Waals surface area contributed by atoms with Gasteiger partial charge in [-0.1, -0.05) is 6.07 Å². The summed E-state index contributed by atoms with van der Waals surface area (Å²) >= 11 is 0. The van der Waals surface area contributed by atoms with Crippen LogP contribution in [0.5, 0.6) is 0 Å². The van der Waals surface area contributed by atoms with Crippen molar-refractivity contribution < 1.29 is 22.7 Å². The van der Waals surface area contributed by atoms with Crippen LogP contribution in [0.1, 0.15) is 24.8 Å². The molecule has 0 bridgehead atoms. The predicted molar refractivity (Wildman–Crippen MR) is 136 cm³/mol. The van der Waals surface area contributed by atoms with Crippen LogP contribution in [0.3, 0.4) is 0 Å². The van der Waals surface area contributed by atoms with E-state index in [9.17, 15) is 13.2 Å². The number of piperazine rings is 1. The van der Waals surface area contributed by atoms with Gasteiger partial charge in [-0.05, 0) is 48.7 Å². The quantitative estimate of drug-likeness (QED) is 0.552. The summed E-state index contributed by atoms with van der Waals surface area (Å²) < 4.78 is 39.2. The number of hydrogen-bond donors (Lipinski definition) is 2. The molecule has 11 heteroatoms. The second kappa shape index (κ2) is 12.1. The van der Waals surface area contributed by atoms with Gasteiger partial charge in [0, 0.05) is 77.5 Å². The molecule has 1 aliphatic heterocycles. The maximum Gasteiger partial charge on any atom is 0.319 e. The number of sulfonamides is 1. The lowest BCUT2D eigenvalue weighted by atomic mass is 9.88. The van der Waals surface area contributed by atoms with Gasteiger partial charge in [-0.25, -0.2) is 13.2 Å². The highest BCUT2D eigenvalue weighted by Crippen LogP contribution is 2.29. The molecule has 196 valence electrons. The number of methoxy groups -OCH3 is 2. The van der Waals surface area contributed by atoms with Gasteiger partial charge in [0.25, 0.3) is 0 Å². The molecule has 2 N–H and O–H groups in total. The molecule has 1 aliphatic carbocycles. The van der Waals surface area contributed by atoms with Crippen molar-refractivity contribution in [1.29, 1.82) is 0 Å². The van der Waals surface area contributed by atoms with Crippen molar-refractivity contribution in [3.8, 4) is 0 Å². The van der Waals surface area contributed by atoms with Gasteiger partial charge in [0.1, 0.15) is 0 Å². The predicted octanol–water partition coefficient (Wildman–Crippen LogP) is 2.29. The van der Waals surface area contributed by atoms with Crippen molar-refractivity contribution in [1.82, 2.24) is 19.5 Å². The van der Waals surface area contributed by atoms with Crippen LogP contribution in [0.15, 0.2) is 53.7 Å². The zero-order chi connectivity index (χ0) is 25.5. The lowest BCUT2D eigenvalue weighted by Gasteiger charge is -2.44. The number of rotatable bonds is 8. The third kappa shape index (κ3) is 6.40. The molecule has 4 rings (SSSR count). The molecule has 3 unspecified atom stereocenters. The average molecular weight is 518 g/mol. The second-order valence-corrected chi connectivity index (χ2v) is 11.1. The van der Waals surface area contributed by atoms with E-state index in [-0.39, 0.29) is 29.2 Å². The van der Waals surface area contributed by atoms with E-state index >= 15 is 0 Å². The second-order valence-electron chi connectivity index (χ2n) is 9.15. The van der Waals surface area contributed by atoms with Crippen molar-refractivity contribution >= 4 is 21.7 Å². The van der Waals surface area contributed by atoms with Gasteiger partial charge in [0.05, 0.1) is 17.1 Å². The minimum absolute atomic E-state index is 0.0912. The Morgan fingerprint density at radius 1 is 1.06 bits per heavy atom. The fraction of sp³-hybridized carbons (Fsp3) is 0.520. The number of amides is 2. The standard InChI is InChI=1S/C25H35N5O5S/c1-34-21-7-10-23(24(16-21)35-2)29-12-14-30(15-13-29)36(32,33)22-8-5-20(6-9-22)28-25(31)27-18-19-4-3-11-26-17-19/h3-6,8-9,11,17,21,23-24H,7,10,12-16,18H2,1-2H3,(H2,27,28,31). The molecule has 0 radical (unpaired) electrons. The third-order valence-corrected chi connectivity index (χ3v) is 8.93. The molecule has 2 fully saturated rings. The molecule has 2 heterocycles. The number of ether oxygens (including phenoxy) is 2. The number of hydrogen-bond acceptors (Lipinski definition) is 7. The Hall–Kier alpha value is -2.57. The molecule has 1 aromatic carbocycles. The maximum absolute atomic E-state index is 13.2. The number of nitrogens with one attached hydrogen (secondary N) is 2. The molecular weight excluding hydrogens is 482 g/mol. The van der Waals surface area contributed by atoms with Gasteiger partial charge in [-0.3, -0.25) is 9.88 Å². The van der Waals surface area contributed by atoms with E-state index < -0.39 is 10.0 Å². The van der Waals surface area contributed by atoms with Crippen LogP contribution in [-0.2, 0) is 26.0 Å². The minimum atomic E-state index is -3.62. The fourth-order valence-electron chi connectivity index (χ4n) is 4.96. The number of anilines is 1. The highest BCUT2D eigenvalue weighted by atomic mass is 32.2. The fourth-order valence-corrected chi connectivity index (χ4v) is 6.38. The maximum atomic E-state index is 13.2. The average Bonchev–Trinajstić information content (AvgIpc) is 2.92. The van der Waals surface area contributed by atoms with Crippen LogP contribution >= 0.6 is 0 Å². The normalized spacial score (nSPS) is 23.8. The van der Waals surface area contributed by atoms with E-state index in [1.165, 1.54) is 16.4 Å². The zero-order valence-electron chi connectivity index (χ0n) is 20.8. The van der Waals surface area contributed by atoms with E-state index in [1.54, 1.807) is 44.8 Å². The van der Waals surface area contributed by atoms with Crippen LogP contribution in [0.25, 0.3) is 0 Å². The summed E-state index contributed by atoms with van der Waals surface area (Å²) in [6.07, 6.45) is 6.49. The van der Waals surface area contributed by atoms with Gasteiger partial charge < -0.3 is 20.1 Å². The molecule has 1 aromatic heterocycles. The van der Waals surface area contributed by atoms with Gasteiger partial charge in [0.15, 0.2) is 0 Å². The number of aromatic nitrogens is 1. The lowest BCUT2D eigenvalue weighted by Crippen LogP contribution is -2.56. The molecule has 2 aliphatic rings. The smallest absolute Gasteiger partial charge is 0.319 e. The first-order valence-electron chi connectivity index (χ1n) is 12.2. The third-order valence-electron chi connectivity index (χ3n) is 7.01. The number of urea groups is 1. The van der Waals surface area contributed by atoms with Crippen LogP contribution in [0, 0.1) is 0 Å². The number of nitrogens with zero attached hydrogens (tertiary/aromatic N) is 3. The Labute approximate surface area is 213 Å². The Bertz CT molecular complexity index is 1090. The Morgan fingerprint density at radius 3 is 2.44 bits per heavy atom. The van der Waals surface area contributed by atoms with Crippen molar-refractivity contribution in [3.05, 3.63) is 54.4 Å². The number of carbonyl (C=O) groups is 1. The van der Waals surface area contributed by atoms with Crippen molar-refractivity contribution in [2.24, 2.45) is 0 Å². The van der Waals surface area contributed by atoms with Gasteiger partial charge in [0.2, 0.25) is 10.0 Å². The van der Waals surface area contributed by atoms with Gasteiger partial charge in [-0.15, -0.1) is 0 Å². The highest BCUT2D eigenvalue weighted by molar-refractivity contribution is 7.89. The van der Waals surface area contributed by atoms with E-state index in [4.69, 9.17) is 9.47 Å². The summed E-state index contributed by atoms with van der Waals surface area (Å²) in [5.41, 5.74) is 1.40. The zero-order valence-corrected chi connectivity index (χ0v) is 21.6.